The van der Waals surface area contributed by atoms with Crippen molar-refractivity contribution in [3.63, 3.8) is 0 Å². The lowest BCUT2D eigenvalue weighted by atomic mass is 10.1. The number of anilines is 1. The maximum absolute atomic E-state index is 13.5. The van der Waals surface area contributed by atoms with Crippen molar-refractivity contribution in [3.8, 4) is 0 Å². The van der Waals surface area contributed by atoms with E-state index >= 15 is 0 Å². The smallest absolute Gasteiger partial charge is 0.352 e. The zero-order chi connectivity index (χ0) is 28.0. The normalized spacial score (nSPS) is 13.5. The van der Waals surface area contributed by atoms with Gasteiger partial charge in [-0.3, -0.25) is 13.9 Å². The highest BCUT2D eigenvalue weighted by atomic mass is 32.2. The molecule has 0 aliphatic heterocycles. The number of amides is 2. The number of carbonyl (C=O) groups is 2. The molecular weight excluding hydrogens is 514 g/mol. The van der Waals surface area contributed by atoms with Gasteiger partial charge in [0.25, 0.3) is 0 Å². The van der Waals surface area contributed by atoms with Gasteiger partial charge in [-0.1, -0.05) is 32.0 Å². The van der Waals surface area contributed by atoms with Crippen LogP contribution in [0.5, 0.6) is 0 Å². The SMILES string of the molecule is CC[C@H](C(=O)N[C@@H](C)CC)N(Cc1ccc(F)cc1)C(=O)CN(c1cccc(C(F)(F)F)c1)S(C)(=O)=O. The number of carbonyl (C=O) groups excluding carboxylic acids is 2. The summed E-state index contributed by atoms with van der Waals surface area (Å²) in [6.45, 7) is 4.34. The molecule has 0 aromatic heterocycles. The standard InChI is InChI=1S/C25H31F4N3O4S/c1-5-17(3)30-24(34)22(6-2)31(15-18-10-12-20(26)13-11-18)23(33)16-32(37(4,35)36)21-9-7-8-19(14-21)25(27,28)29/h7-14,17,22H,5-6,15-16H2,1-4H3,(H,30,34)/t17-,22+/m0/s1. The minimum absolute atomic E-state index is 0.147. The number of benzene rings is 2. The number of nitrogens with zero attached hydrogens (tertiary/aromatic N) is 2. The Balaban J connectivity index is 2.48. The van der Waals surface area contributed by atoms with E-state index in [1.807, 2.05) is 6.92 Å². The van der Waals surface area contributed by atoms with Gasteiger partial charge >= 0.3 is 6.18 Å². The topological polar surface area (TPSA) is 86.8 Å². The molecule has 12 heteroatoms. The van der Waals surface area contributed by atoms with Gasteiger partial charge in [0.15, 0.2) is 0 Å². The number of halogens is 4. The average molecular weight is 546 g/mol. The van der Waals surface area contributed by atoms with Crippen molar-refractivity contribution in [2.45, 2.75) is 58.4 Å². The fourth-order valence-electron chi connectivity index (χ4n) is 3.60. The first kappa shape index (κ1) is 30.1. The quantitative estimate of drug-likeness (QED) is 0.426. The van der Waals surface area contributed by atoms with Crippen LogP contribution in [0, 0.1) is 5.82 Å². The molecular formula is C25H31F4N3O4S. The lowest BCUT2D eigenvalue weighted by molar-refractivity contribution is -0.140. The van der Waals surface area contributed by atoms with E-state index < -0.39 is 52.0 Å². The molecule has 0 bridgehead atoms. The maximum Gasteiger partial charge on any atom is 0.416 e. The van der Waals surface area contributed by atoms with Crippen molar-refractivity contribution >= 4 is 27.5 Å². The Hall–Kier alpha value is -3.15. The van der Waals surface area contributed by atoms with E-state index in [4.69, 9.17) is 0 Å². The lowest BCUT2D eigenvalue weighted by Gasteiger charge is -2.33. The number of rotatable bonds is 11. The van der Waals surface area contributed by atoms with Crippen LogP contribution in [0.2, 0.25) is 0 Å². The Morgan fingerprint density at radius 1 is 1.03 bits per heavy atom. The van der Waals surface area contributed by atoms with Crippen molar-refractivity contribution < 1.29 is 35.6 Å². The summed E-state index contributed by atoms with van der Waals surface area (Å²) in [4.78, 5) is 27.7. The van der Waals surface area contributed by atoms with Gasteiger partial charge in [-0.2, -0.15) is 13.2 Å². The molecule has 0 saturated heterocycles. The van der Waals surface area contributed by atoms with Crippen LogP contribution in [0.1, 0.15) is 44.7 Å². The van der Waals surface area contributed by atoms with Gasteiger partial charge in [0.1, 0.15) is 18.4 Å². The number of nitrogens with one attached hydrogen (secondary N) is 1. The van der Waals surface area contributed by atoms with E-state index in [0.29, 0.717) is 22.4 Å². The molecule has 37 heavy (non-hydrogen) atoms. The van der Waals surface area contributed by atoms with Crippen molar-refractivity contribution in [2.24, 2.45) is 0 Å². The lowest BCUT2D eigenvalue weighted by Crippen LogP contribution is -2.53. The molecule has 2 atom stereocenters. The third-order valence-electron chi connectivity index (χ3n) is 5.79. The third kappa shape index (κ3) is 8.44. The van der Waals surface area contributed by atoms with Crippen LogP contribution in [0.4, 0.5) is 23.2 Å². The second-order valence-corrected chi connectivity index (χ2v) is 10.6. The molecule has 0 unspecified atom stereocenters. The summed E-state index contributed by atoms with van der Waals surface area (Å²) in [5.41, 5.74) is -0.937. The molecule has 0 heterocycles. The molecule has 7 nitrogen and oxygen atoms in total. The van der Waals surface area contributed by atoms with Crippen molar-refractivity contribution in [3.05, 3.63) is 65.5 Å². The Bertz CT molecular complexity index is 1190. The molecule has 0 radical (unpaired) electrons. The predicted molar refractivity (Wildman–Crippen MR) is 133 cm³/mol. The fraction of sp³-hybridized carbons (Fsp3) is 0.440. The molecule has 0 saturated carbocycles. The van der Waals surface area contributed by atoms with Gasteiger partial charge in [0.05, 0.1) is 17.5 Å². The molecule has 2 aromatic carbocycles. The molecule has 2 rings (SSSR count). The second kappa shape index (κ2) is 12.4. The van der Waals surface area contributed by atoms with E-state index in [1.165, 1.54) is 24.3 Å². The van der Waals surface area contributed by atoms with E-state index in [9.17, 15) is 35.6 Å². The molecule has 0 fully saturated rings. The Morgan fingerprint density at radius 2 is 1.65 bits per heavy atom. The monoisotopic (exact) mass is 545 g/mol. The number of hydrogen-bond donors (Lipinski definition) is 1. The molecule has 2 amide bonds. The van der Waals surface area contributed by atoms with Crippen LogP contribution in [-0.2, 0) is 32.3 Å². The summed E-state index contributed by atoms with van der Waals surface area (Å²) in [5.74, 6) is -1.77. The van der Waals surface area contributed by atoms with Crippen LogP contribution in [-0.4, -0.2) is 50.0 Å². The first-order chi connectivity index (χ1) is 17.2. The highest BCUT2D eigenvalue weighted by molar-refractivity contribution is 7.92. The Kier molecular flexibility index (Phi) is 10.1. The number of sulfonamides is 1. The van der Waals surface area contributed by atoms with E-state index in [1.54, 1.807) is 13.8 Å². The largest absolute Gasteiger partial charge is 0.416 e. The van der Waals surface area contributed by atoms with Crippen LogP contribution in [0.25, 0.3) is 0 Å². The summed E-state index contributed by atoms with van der Waals surface area (Å²) in [7, 11) is -4.19. The molecule has 0 spiro atoms. The molecule has 0 aliphatic carbocycles. The van der Waals surface area contributed by atoms with Gasteiger partial charge in [-0.25, -0.2) is 12.8 Å². The number of alkyl halides is 3. The molecule has 1 N–H and O–H groups in total. The molecule has 2 aromatic rings. The fourth-order valence-corrected chi connectivity index (χ4v) is 4.44. The summed E-state index contributed by atoms with van der Waals surface area (Å²) < 4.78 is 78.9. The van der Waals surface area contributed by atoms with Crippen molar-refractivity contribution in [2.75, 3.05) is 17.1 Å². The predicted octanol–water partition coefficient (Wildman–Crippen LogP) is 4.33. The number of hydrogen-bond acceptors (Lipinski definition) is 4. The zero-order valence-corrected chi connectivity index (χ0v) is 21.9. The second-order valence-electron chi connectivity index (χ2n) is 8.71. The van der Waals surface area contributed by atoms with Gasteiger partial charge in [0, 0.05) is 12.6 Å². The van der Waals surface area contributed by atoms with Crippen LogP contribution in [0.15, 0.2) is 48.5 Å². The van der Waals surface area contributed by atoms with Gasteiger partial charge in [0.2, 0.25) is 21.8 Å². The minimum Gasteiger partial charge on any atom is -0.352 e. The summed E-state index contributed by atoms with van der Waals surface area (Å²) >= 11 is 0. The van der Waals surface area contributed by atoms with E-state index in [-0.39, 0.29) is 24.7 Å². The molecule has 204 valence electrons. The van der Waals surface area contributed by atoms with Crippen LogP contribution in [0.3, 0.4) is 0 Å². The Labute approximate surface area is 214 Å². The first-order valence-electron chi connectivity index (χ1n) is 11.7. The summed E-state index contributed by atoms with van der Waals surface area (Å²) in [6.07, 6.45) is -3.14. The minimum atomic E-state index is -4.72. The summed E-state index contributed by atoms with van der Waals surface area (Å²) in [6, 6.07) is 7.66. The highest BCUT2D eigenvalue weighted by Gasteiger charge is 2.34. The highest BCUT2D eigenvalue weighted by Crippen LogP contribution is 2.32. The van der Waals surface area contributed by atoms with E-state index in [0.717, 1.165) is 29.4 Å². The maximum atomic E-state index is 13.5. The van der Waals surface area contributed by atoms with Gasteiger partial charge in [-0.05, 0) is 55.7 Å². The zero-order valence-electron chi connectivity index (χ0n) is 21.0. The van der Waals surface area contributed by atoms with E-state index in [2.05, 4.69) is 5.32 Å². The van der Waals surface area contributed by atoms with Crippen molar-refractivity contribution in [1.82, 2.24) is 10.2 Å². The Morgan fingerprint density at radius 3 is 2.16 bits per heavy atom. The first-order valence-corrected chi connectivity index (χ1v) is 13.5. The van der Waals surface area contributed by atoms with Gasteiger partial charge in [-0.15, -0.1) is 0 Å². The van der Waals surface area contributed by atoms with Crippen LogP contribution < -0.4 is 9.62 Å². The average Bonchev–Trinajstić information content (AvgIpc) is 2.82. The summed E-state index contributed by atoms with van der Waals surface area (Å²) in [5, 5.41) is 2.80. The van der Waals surface area contributed by atoms with Crippen molar-refractivity contribution in [1.29, 1.82) is 0 Å². The van der Waals surface area contributed by atoms with Crippen LogP contribution >= 0.6 is 0 Å². The molecule has 0 aliphatic rings. The third-order valence-corrected chi connectivity index (χ3v) is 6.93. The van der Waals surface area contributed by atoms with Gasteiger partial charge < -0.3 is 10.2 Å².